The number of nitrogens with one attached hydrogen (secondary N) is 3. The second-order valence-electron chi connectivity index (χ2n) is 11.0. The molecule has 0 spiro atoms. The highest BCUT2D eigenvalue weighted by molar-refractivity contribution is 5.76. The standard InChI is InChI=1S/C23H43N7O2/c1-28-11-7-18(8-12-28)30-10-2-3-19(30)23-26-22(27-32-23)17-4-9-25-20(15-17)29-13-5-16(6-14-29)21(24)31/h16-20,22-23,25-27H,2-15H2,1H3,(H2,24,31)/p+2. The molecule has 1 amide bonds. The van der Waals surface area contributed by atoms with Gasteiger partial charge in [0, 0.05) is 56.7 Å². The van der Waals surface area contributed by atoms with Crippen LogP contribution < -0.4 is 26.7 Å². The average molecular weight is 452 g/mol. The first kappa shape index (κ1) is 23.0. The van der Waals surface area contributed by atoms with E-state index in [9.17, 15) is 4.79 Å². The van der Waals surface area contributed by atoms with Gasteiger partial charge in [0.25, 0.3) is 0 Å². The quantitative estimate of drug-likeness (QED) is 0.314. The lowest BCUT2D eigenvalue weighted by atomic mass is 9.90. The van der Waals surface area contributed by atoms with Crippen molar-refractivity contribution in [2.24, 2.45) is 17.6 Å². The van der Waals surface area contributed by atoms with E-state index in [1.54, 1.807) is 4.90 Å². The largest absolute Gasteiger partial charge is 0.369 e. The Morgan fingerprint density at radius 3 is 2.62 bits per heavy atom. The van der Waals surface area contributed by atoms with Crippen molar-refractivity contribution < 1.29 is 19.8 Å². The number of hydroxylamine groups is 1. The Kier molecular flexibility index (Phi) is 7.33. The summed E-state index contributed by atoms with van der Waals surface area (Å²) >= 11 is 0. The molecule has 5 heterocycles. The number of carbonyl (C=O) groups is 1. The molecule has 9 heteroatoms. The highest BCUT2D eigenvalue weighted by atomic mass is 16.7. The van der Waals surface area contributed by atoms with Crippen molar-refractivity contribution in [1.82, 2.24) is 20.6 Å². The maximum Gasteiger partial charge on any atom is 0.220 e. The van der Waals surface area contributed by atoms with Crippen molar-refractivity contribution in [1.29, 1.82) is 0 Å². The van der Waals surface area contributed by atoms with E-state index in [1.807, 2.05) is 0 Å². The molecule has 5 unspecified atom stereocenters. The molecule has 182 valence electrons. The number of carbonyl (C=O) groups excluding carboxylic acids is 1. The Morgan fingerprint density at radius 1 is 1.09 bits per heavy atom. The van der Waals surface area contributed by atoms with Gasteiger partial charge in [-0.15, -0.1) is 0 Å². The van der Waals surface area contributed by atoms with Crippen LogP contribution >= 0.6 is 0 Å². The van der Waals surface area contributed by atoms with Gasteiger partial charge in [-0.25, -0.2) is 0 Å². The molecule has 5 saturated heterocycles. The Hall–Kier alpha value is -0.810. The number of likely N-dealkylation sites (tertiary alicyclic amines) is 3. The zero-order valence-corrected chi connectivity index (χ0v) is 19.8. The highest BCUT2D eigenvalue weighted by Gasteiger charge is 2.44. The van der Waals surface area contributed by atoms with E-state index in [4.69, 9.17) is 10.6 Å². The zero-order chi connectivity index (χ0) is 22.1. The summed E-state index contributed by atoms with van der Waals surface area (Å²) in [5, 5.41) is 6.35. The monoisotopic (exact) mass is 451 g/mol. The molecular formula is C23H45N7O2+2. The fourth-order valence-corrected chi connectivity index (χ4v) is 6.98. The van der Waals surface area contributed by atoms with Crippen LogP contribution in [0.15, 0.2) is 0 Å². The summed E-state index contributed by atoms with van der Waals surface area (Å²) in [4.78, 5) is 24.7. The molecule has 0 aromatic carbocycles. The van der Waals surface area contributed by atoms with Crippen LogP contribution in [0.25, 0.3) is 0 Å². The maximum atomic E-state index is 11.5. The van der Waals surface area contributed by atoms with Crippen molar-refractivity contribution in [2.45, 2.75) is 82.0 Å². The van der Waals surface area contributed by atoms with E-state index < -0.39 is 0 Å². The molecule has 5 aliphatic rings. The summed E-state index contributed by atoms with van der Waals surface area (Å²) in [6.45, 7) is 6.95. The number of amides is 1. The molecule has 0 aliphatic carbocycles. The lowest BCUT2D eigenvalue weighted by Gasteiger charge is -2.40. The number of nitrogens with two attached hydrogens (primary N) is 2. The molecule has 0 bridgehead atoms. The molecule has 7 N–H and O–H groups in total. The summed E-state index contributed by atoms with van der Waals surface area (Å²) in [6, 6.07) is 1.22. The molecule has 5 aliphatic heterocycles. The Bertz CT molecular complexity index is 636. The normalized spacial score (nSPS) is 43.0. The third-order valence-electron chi connectivity index (χ3n) is 9.03. The van der Waals surface area contributed by atoms with Gasteiger partial charge in [-0.3, -0.25) is 24.7 Å². The number of piperidine rings is 3. The van der Waals surface area contributed by atoms with Crippen LogP contribution in [0.1, 0.15) is 51.4 Å². The number of quaternary nitrogens is 2. The predicted molar refractivity (Wildman–Crippen MR) is 121 cm³/mol. The van der Waals surface area contributed by atoms with Crippen LogP contribution in [0.3, 0.4) is 0 Å². The molecule has 0 saturated carbocycles. The van der Waals surface area contributed by atoms with E-state index in [2.05, 4.69) is 33.0 Å². The summed E-state index contributed by atoms with van der Waals surface area (Å²) in [6.07, 6.45) is 10.2. The van der Waals surface area contributed by atoms with Gasteiger partial charge in [0.1, 0.15) is 12.4 Å². The van der Waals surface area contributed by atoms with Crippen molar-refractivity contribution in [3.8, 4) is 0 Å². The van der Waals surface area contributed by atoms with E-state index in [1.165, 1.54) is 51.7 Å². The van der Waals surface area contributed by atoms with Crippen LogP contribution in [0.4, 0.5) is 0 Å². The number of nitrogens with zero attached hydrogens (tertiary/aromatic N) is 2. The minimum Gasteiger partial charge on any atom is -0.369 e. The third kappa shape index (κ3) is 4.99. The van der Waals surface area contributed by atoms with Crippen molar-refractivity contribution >= 4 is 5.91 Å². The fourth-order valence-electron chi connectivity index (χ4n) is 6.98. The van der Waals surface area contributed by atoms with Crippen LogP contribution in [-0.2, 0) is 9.63 Å². The number of primary amides is 1. The molecule has 5 fully saturated rings. The molecule has 5 rings (SSSR count). The minimum absolute atomic E-state index is 0.0679. The molecule has 0 aromatic rings. The topological polar surface area (TPSA) is 104 Å². The second-order valence-corrected chi connectivity index (χ2v) is 11.0. The fraction of sp³-hybridized carbons (Fsp3) is 0.957. The first-order chi connectivity index (χ1) is 15.6. The van der Waals surface area contributed by atoms with Gasteiger partial charge in [0.15, 0.2) is 0 Å². The van der Waals surface area contributed by atoms with Crippen molar-refractivity contribution in [3.63, 3.8) is 0 Å². The third-order valence-corrected chi connectivity index (χ3v) is 9.03. The number of hydrogen-bond acceptors (Lipinski definition) is 6. The lowest BCUT2D eigenvalue weighted by molar-refractivity contribution is -0.885. The predicted octanol–water partition coefficient (Wildman–Crippen LogP) is -2.60. The van der Waals surface area contributed by atoms with Gasteiger partial charge in [-0.1, -0.05) is 0 Å². The Balaban J connectivity index is 1.13. The first-order valence-electron chi connectivity index (χ1n) is 13.2. The van der Waals surface area contributed by atoms with E-state index in [0.717, 1.165) is 44.9 Å². The molecule has 0 aromatic heterocycles. The van der Waals surface area contributed by atoms with Gasteiger partial charge in [-0.05, 0) is 32.2 Å². The highest BCUT2D eigenvalue weighted by Crippen LogP contribution is 2.30. The van der Waals surface area contributed by atoms with E-state index in [0.29, 0.717) is 18.1 Å². The summed E-state index contributed by atoms with van der Waals surface area (Å²) in [5.74, 6) is 0.518. The number of hydrogen-bond donors (Lipinski definition) is 5. The van der Waals surface area contributed by atoms with Gasteiger partial charge >= 0.3 is 0 Å². The van der Waals surface area contributed by atoms with Crippen molar-refractivity contribution in [2.75, 3.05) is 46.3 Å². The molecule has 9 nitrogen and oxygen atoms in total. The van der Waals surface area contributed by atoms with Crippen LogP contribution in [-0.4, -0.2) is 92.7 Å². The Morgan fingerprint density at radius 2 is 1.88 bits per heavy atom. The SMILES string of the molecule is C[NH+]1CCC(N2CCCC2C2NC(C3CC[NH2+]C(N4CCC(C(N)=O)CC4)C3)NO2)CC1. The molecular weight excluding hydrogens is 406 g/mol. The van der Waals surface area contributed by atoms with Gasteiger partial charge in [0.05, 0.1) is 38.9 Å². The second kappa shape index (κ2) is 10.2. The Labute approximate surface area is 192 Å². The van der Waals surface area contributed by atoms with Crippen LogP contribution in [0.5, 0.6) is 0 Å². The lowest BCUT2D eigenvalue weighted by Crippen LogP contribution is -3.10. The van der Waals surface area contributed by atoms with Gasteiger partial charge in [0.2, 0.25) is 5.91 Å². The average Bonchev–Trinajstić information content (AvgIpc) is 3.50. The summed E-state index contributed by atoms with van der Waals surface area (Å²) in [7, 11) is 2.32. The smallest absolute Gasteiger partial charge is 0.220 e. The van der Waals surface area contributed by atoms with Crippen LogP contribution in [0.2, 0.25) is 0 Å². The molecule has 32 heavy (non-hydrogen) atoms. The van der Waals surface area contributed by atoms with Gasteiger partial charge in [-0.2, -0.15) is 5.48 Å². The zero-order valence-electron chi connectivity index (χ0n) is 19.8. The van der Waals surface area contributed by atoms with Crippen molar-refractivity contribution in [3.05, 3.63) is 0 Å². The number of rotatable bonds is 5. The first-order valence-corrected chi connectivity index (χ1v) is 13.2. The van der Waals surface area contributed by atoms with E-state index >= 15 is 0 Å². The van der Waals surface area contributed by atoms with E-state index in [-0.39, 0.29) is 24.2 Å². The van der Waals surface area contributed by atoms with Crippen LogP contribution in [0, 0.1) is 11.8 Å². The van der Waals surface area contributed by atoms with Gasteiger partial charge < -0.3 is 16.0 Å². The minimum atomic E-state index is -0.125. The summed E-state index contributed by atoms with van der Waals surface area (Å²) < 4.78 is 0. The summed E-state index contributed by atoms with van der Waals surface area (Å²) in [5.41, 5.74) is 8.92. The molecule has 0 radical (unpaired) electrons. The molecule has 5 atom stereocenters. The maximum absolute atomic E-state index is 11.5.